The molecule has 1 saturated heterocycles. The number of likely N-dealkylation sites (tertiary alicyclic amines) is 1. The number of halogens is 3. The molecule has 0 radical (unpaired) electrons. The maximum Gasteiger partial charge on any atom is 0.573 e. The molecule has 0 saturated carbocycles. The number of hydrogen-bond donors (Lipinski definition) is 0. The molecule has 4 rings (SSSR count). The topological polar surface area (TPSA) is 68.5 Å². The molecule has 3 heterocycles. The average Bonchev–Trinajstić information content (AvgIpc) is 3.38. The van der Waals surface area contributed by atoms with E-state index >= 15 is 0 Å². The van der Waals surface area contributed by atoms with Gasteiger partial charge in [0.25, 0.3) is 5.91 Å². The number of ether oxygens (including phenoxy) is 1. The van der Waals surface area contributed by atoms with Gasteiger partial charge in [0.15, 0.2) is 0 Å². The van der Waals surface area contributed by atoms with Crippen LogP contribution in [0, 0.1) is 0 Å². The minimum atomic E-state index is -4.77. The van der Waals surface area contributed by atoms with Gasteiger partial charge in [0.1, 0.15) is 5.75 Å². The number of rotatable bonds is 4. The highest BCUT2D eigenvalue weighted by Crippen LogP contribution is 2.30. The van der Waals surface area contributed by atoms with Crippen LogP contribution in [0.4, 0.5) is 13.2 Å². The van der Waals surface area contributed by atoms with Crippen LogP contribution in [-0.4, -0.2) is 40.5 Å². The van der Waals surface area contributed by atoms with Crippen LogP contribution in [0.25, 0.3) is 11.5 Å². The van der Waals surface area contributed by atoms with E-state index in [2.05, 4.69) is 14.9 Å². The molecule has 6 nitrogen and oxygen atoms in total. The van der Waals surface area contributed by atoms with E-state index in [4.69, 9.17) is 4.42 Å². The standard InChI is InChI=1S/C19H16F3N3O3S/c20-19(21,22)28-15-5-3-12(4-6-15)18(26)25-8-1-2-13(10-25)16-23-24-17(27-16)14-7-9-29-11-14/h3-7,9,11,13H,1-2,8,10H2. The quantitative estimate of drug-likeness (QED) is 0.608. The Hall–Kier alpha value is -2.88. The maximum absolute atomic E-state index is 12.8. The number of thiophene rings is 1. The van der Waals surface area contributed by atoms with Crippen LogP contribution in [0.3, 0.4) is 0 Å². The molecule has 1 amide bonds. The first-order valence-electron chi connectivity index (χ1n) is 8.90. The highest BCUT2D eigenvalue weighted by molar-refractivity contribution is 7.08. The molecule has 0 aliphatic carbocycles. The van der Waals surface area contributed by atoms with E-state index < -0.39 is 6.36 Å². The van der Waals surface area contributed by atoms with Crippen LogP contribution in [0.15, 0.2) is 45.5 Å². The molecule has 1 unspecified atom stereocenters. The lowest BCUT2D eigenvalue weighted by atomic mass is 9.97. The molecular formula is C19H16F3N3O3S. The summed E-state index contributed by atoms with van der Waals surface area (Å²) in [6.45, 7) is 0.965. The molecule has 3 aromatic rings. The van der Waals surface area contributed by atoms with Gasteiger partial charge < -0.3 is 14.1 Å². The van der Waals surface area contributed by atoms with Gasteiger partial charge in [0.2, 0.25) is 11.8 Å². The van der Waals surface area contributed by atoms with Crippen molar-refractivity contribution in [2.75, 3.05) is 13.1 Å². The number of amides is 1. The Morgan fingerprint density at radius 2 is 2.00 bits per heavy atom. The molecule has 1 atom stereocenters. The van der Waals surface area contributed by atoms with Crippen LogP contribution >= 0.6 is 11.3 Å². The molecule has 29 heavy (non-hydrogen) atoms. The molecule has 1 aromatic carbocycles. The summed E-state index contributed by atoms with van der Waals surface area (Å²) in [5.74, 6) is 0.228. The van der Waals surface area contributed by atoms with Crippen LogP contribution in [-0.2, 0) is 0 Å². The van der Waals surface area contributed by atoms with Crippen molar-refractivity contribution >= 4 is 17.2 Å². The van der Waals surface area contributed by atoms with Crippen molar-refractivity contribution in [1.82, 2.24) is 15.1 Å². The SMILES string of the molecule is O=C(c1ccc(OC(F)(F)F)cc1)N1CCCC(c2nnc(-c3ccsc3)o2)C1. The minimum Gasteiger partial charge on any atom is -0.420 e. The zero-order valence-electron chi connectivity index (χ0n) is 15.1. The second-order valence-corrected chi connectivity index (χ2v) is 7.40. The van der Waals surface area contributed by atoms with E-state index in [9.17, 15) is 18.0 Å². The van der Waals surface area contributed by atoms with Crippen molar-refractivity contribution in [2.45, 2.75) is 25.1 Å². The second-order valence-electron chi connectivity index (χ2n) is 6.62. The Morgan fingerprint density at radius 3 is 2.69 bits per heavy atom. The fraction of sp³-hybridized carbons (Fsp3) is 0.316. The third-order valence-electron chi connectivity index (χ3n) is 4.60. The summed E-state index contributed by atoms with van der Waals surface area (Å²) in [5, 5.41) is 12.1. The van der Waals surface area contributed by atoms with Crippen molar-refractivity contribution in [1.29, 1.82) is 0 Å². The number of carbonyl (C=O) groups is 1. The van der Waals surface area contributed by atoms with E-state index in [0.717, 1.165) is 30.5 Å². The summed E-state index contributed by atoms with van der Waals surface area (Å²) in [6.07, 6.45) is -3.19. The van der Waals surface area contributed by atoms with E-state index in [1.54, 1.807) is 4.90 Å². The van der Waals surface area contributed by atoms with Crippen molar-refractivity contribution in [3.8, 4) is 17.2 Å². The molecule has 10 heteroatoms. The van der Waals surface area contributed by atoms with Gasteiger partial charge in [-0.3, -0.25) is 4.79 Å². The van der Waals surface area contributed by atoms with Crippen LogP contribution < -0.4 is 4.74 Å². The summed E-state index contributed by atoms with van der Waals surface area (Å²) in [4.78, 5) is 14.4. The maximum atomic E-state index is 12.8. The zero-order chi connectivity index (χ0) is 20.4. The molecule has 0 bridgehead atoms. The van der Waals surface area contributed by atoms with Crippen molar-refractivity contribution in [2.24, 2.45) is 0 Å². The van der Waals surface area contributed by atoms with E-state index in [1.807, 2.05) is 16.8 Å². The summed E-state index contributed by atoms with van der Waals surface area (Å²) < 4.78 is 46.4. The predicted molar refractivity (Wildman–Crippen MR) is 98.6 cm³/mol. The van der Waals surface area contributed by atoms with E-state index in [1.165, 1.54) is 23.5 Å². The average molecular weight is 423 g/mol. The highest BCUT2D eigenvalue weighted by atomic mass is 32.1. The largest absolute Gasteiger partial charge is 0.573 e. The van der Waals surface area contributed by atoms with E-state index in [-0.39, 0.29) is 17.6 Å². The third-order valence-corrected chi connectivity index (χ3v) is 5.28. The molecule has 1 aliphatic rings. The second kappa shape index (κ2) is 7.86. The van der Waals surface area contributed by atoms with Gasteiger partial charge in [-0.2, -0.15) is 11.3 Å². The molecule has 1 aliphatic heterocycles. The van der Waals surface area contributed by atoms with Gasteiger partial charge >= 0.3 is 6.36 Å². The molecule has 1 fully saturated rings. The molecule has 2 aromatic heterocycles. The summed E-state index contributed by atoms with van der Waals surface area (Å²) >= 11 is 1.53. The Bertz CT molecular complexity index is 971. The highest BCUT2D eigenvalue weighted by Gasteiger charge is 2.32. The molecular weight excluding hydrogens is 407 g/mol. The number of piperidine rings is 1. The van der Waals surface area contributed by atoms with Crippen LogP contribution in [0.2, 0.25) is 0 Å². The van der Waals surface area contributed by atoms with Crippen LogP contribution in [0.1, 0.15) is 35.0 Å². The molecule has 0 spiro atoms. The molecule has 152 valence electrons. The zero-order valence-corrected chi connectivity index (χ0v) is 15.9. The van der Waals surface area contributed by atoms with Gasteiger partial charge in [-0.05, 0) is 48.6 Å². The first kappa shape index (κ1) is 19.4. The smallest absolute Gasteiger partial charge is 0.420 e. The van der Waals surface area contributed by atoms with Crippen molar-refractivity contribution in [3.05, 3.63) is 52.5 Å². The number of benzene rings is 1. The van der Waals surface area contributed by atoms with Crippen LogP contribution in [0.5, 0.6) is 5.75 Å². The monoisotopic (exact) mass is 423 g/mol. The number of carbonyl (C=O) groups excluding carboxylic acids is 1. The minimum absolute atomic E-state index is 0.0829. The Kier molecular flexibility index (Phi) is 5.27. The van der Waals surface area contributed by atoms with Gasteiger partial charge in [-0.25, -0.2) is 0 Å². The first-order chi connectivity index (χ1) is 13.9. The summed E-state index contributed by atoms with van der Waals surface area (Å²) in [7, 11) is 0. The van der Waals surface area contributed by atoms with E-state index in [0.29, 0.717) is 30.4 Å². The van der Waals surface area contributed by atoms with Gasteiger partial charge in [-0.15, -0.1) is 23.4 Å². The predicted octanol–water partition coefficient (Wildman–Crippen LogP) is 4.72. The van der Waals surface area contributed by atoms with Gasteiger partial charge in [-0.1, -0.05) is 0 Å². The number of hydrogen-bond acceptors (Lipinski definition) is 6. The Morgan fingerprint density at radius 1 is 1.21 bits per heavy atom. The fourth-order valence-electron chi connectivity index (χ4n) is 3.25. The Labute approximate surface area is 167 Å². The Balaban J connectivity index is 1.43. The lowest BCUT2D eigenvalue weighted by molar-refractivity contribution is -0.274. The number of aromatic nitrogens is 2. The third kappa shape index (κ3) is 4.58. The van der Waals surface area contributed by atoms with Crippen molar-refractivity contribution in [3.63, 3.8) is 0 Å². The fourth-order valence-corrected chi connectivity index (χ4v) is 3.88. The summed E-state index contributed by atoms with van der Waals surface area (Å²) in [5.41, 5.74) is 1.16. The normalized spacial score (nSPS) is 17.3. The van der Waals surface area contributed by atoms with Crippen molar-refractivity contribution < 1.29 is 27.1 Å². The number of nitrogens with zero attached hydrogens (tertiary/aromatic N) is 3. The first-order valence-corrected chi connectivity index (χ1v) is 9.84. The molecule has 0 N–H and O–H groups in total. The lowest BCUT2D eigenvalue weighted by Gasteiger charge is -2.31. The number of alkyl halides is 3. The van der Waals surface area contributed by atoms with Gasteiger partial charge in [0.05, 0.1) is 5.92 Å². The summed E-state index contributed by atoms with van der Waals surface area (Å²) in [6, 6.07) is 6.81. The van der Waals surface area contributed by atoms with Gasteiger partial charge in [0, 0.05) is 29.6 Å². The lowest BCUT2D eigenvalue weighted by Crippen LogP contribution is -2.39.